The van der Waals surface area contributed by atoms with Crippen molar-refractivity contribution >= 4 is 33.4 Å². The van der Waals surface area contributed by atoms with Gasteiger partial charge in [0, 0.05) is 30.9 Å². The first-order valence-corrected chi connectivity index (χ1v) is 29.0. The summed E-state index contributed by atoms with van der Waals surface area (Å²) in [5.74, 6) is -3.64. The monoisotopic (exact) mass is 1070 g/mol. The Kier molecular flexibility index (Phi) is 29.9. The predicted octanol–water partition coefficient (Wildman–Crippen LogP) is 6.85. The number of aliphatic hydroxyl groups excluding tert-OH is 5. The van der Waals surface area contributed by atoms with Crippen molar-refractivity contribution in [3.05, 3.63) is 47.1 Å². The van der Waals surface area contributed by atoms with Crippen LogP contribution in [0.2, 0.25) is 0 Å². The SMILES string of the molecule is CCCCC[C@@H](O)C=C[C@@H]1[C@H](O)[C@H](O)[C@H]2COP(=O)(O)OP(=O)(O)OC[C@@H](COC(=O)CCCCCCCCCCCCCCCC(C)C)OC(=O)C/C=C\C[C@@H]([C@H](n3ccc(N)nc3=O)O2)[C@@H](O)C[C@H]1O. The fourth-order valence-corrected chi connectivity index (χ4v) is 10.7. The molecule has 0 aromatic carbocycles. The number of allylic oxidation sites excluding steroid dienone is 1. The molecule has 0 amide bonds. The number of anilines is 1. The second-order valence-electron chi connectivity index (χ2n) is 19.5. The number of hydrogen-bond acceptors (Lipinski definition) is 18. The molecule has 21 nitrogen and oxygen atoms in total. The Balaban J connectivity index is 1.75. The number of carbonyl (C=O) groups excluding carboxylic acids is 2. The van der Waals surface area contributed by atoms with Gasteiger partial charge in [-0.2, -0.15) is 9.29 Å². The van der Waals surface area contributed by atoms with E-state index in [1.165, 1.54) is 88.2 Å². The zero-order chi connectivity index (χ0) is 53.1. The van der Waals surface area contributed by atoms with E-state index in [2.05, 4.69) is 23.1 Å². The molecule has 414 valence electrons. The van der Waals surface area contributed by atoms with Gasteiger partial charge in [-0.05, 0) is 31.2 Å². The van der Waals surface area contributed by atoms with Gasteiger partial charge in [-0.15, -0.1) is 0 Å². The number of rotatable bonds is 25. The molecule has 12 atom stereocenters. The quantitative estimate of drug-likeness (QED) is 0.0215. The van der Waals surface area contributed by atoms with Gasteiger partial charge in [-0.3, -0.25) is 23.2 Å². The number of nitrogen functional groups attached to an aromatic ring is 1. The third kappa shape index (κ3) is 25.1. The summed E-state index contributed by atoms with van der Waals surface area (Å²) in [5, 5.41) is 57.2. The standard InChI is InChI=1S/C49H85N3O18P2/c1-4-5-17-23-36(53)27-28-38-40(54)31-41(55)39-24-20-21-26-45(57)68-37(32-65-44(56)25-19-16-14-12-10-8-6-7-9-11-13-15-18-22-35(2)3)33-66-71(61,62)70-72(63,64)67-34-42(47(59)46(38)58)69-48(39)52-30-29-43(50)51-49(52)60/h20-21,27-30,35-42,46-48,53-55,58-59H,4-19,22-26,31-34H2,1-3H3,(H,61,62)(H,63,64)(H2,50,51,60)/b21-20-,28-27?/t36-,37-,38+,39-,40-,41+,42-,46+,47-,48-/m1/s1. The molecule has 2 unspecified atom stereocenters. The number of phosphoric acid groups is 2. The van der Waals surface area contributed by atoms with Gasteiger partial charge in [-0.1, -0.05) is 148 Å². The normalized spacial score (nSPS) is 30.4. The molecule has 3 heterocycles. The minimum absolute atomic E-state index is 0.0632. The Morgan fingerprint density at radius 3 is 2.06 bits per heavy atom. The number of unbranched alkanes of at least 4 members (excludes halogenated alkanes) is 14. The summed E-state index contributed by atoms with van der Waals surface area (Å²) in [4.78, 5) is 64.1. The summed E-state index contributed by atoms with van der Waals surface area (Å²) in [7, 11) is -11.3. The molecule has 2 aliphatic heterocycles. The number of nitrogens with zero attached hydrogens (tertiary/aromatic N) is 2. The molecule has 0 spiro atoms. The van der Waals surface area contributed by atoms with E-state index >= 15 is 0 Å². The summed E-state index contributed by atoms with van der Waals surface area (Å²) in [6.07, 6.45) is 10.7. The smallest absolute Gasteiger partial charge is 0.462 e. The zero-order valence-electron chi connectivity index (χ0n) is 42.5. The van der Waals surface area contributed by atoms with Gasteiger partial charge in [0.05, 0.1) is 44.1 Å². The molecular formula is C49H85N3O18P2. The van der Waals surface area contributed by atoms with Crippen LogP contribution >= 0.6 is 15.6 Å². The highest BCUT2D eigenvalue weighted by molar-refractivity contribution is 7.61. The maximum absolute atomic E-state index is 13.3. The minimum atomic E-state index is -5.69. The molecule has 1 aromatic heterocycles. The number of ether oxygens (including phenoxy) is 3. The molecule has 2 aliphatic rings. The van der Waals surface area contributed by atoms with E-state index in [0.29, 0.717) is 19.3 Å². The van der Waals surface area contributed by atoms with Crippen molar-refractivity contribution in [2.45, 2.75) is 211 Å². The summed E-state index contributed by atoms with van der Waals surface area (Å²) < 4.78 is 58.6. The number of carbonyl (C=O) groups is 2. The lowest BCUT2D eigenvalue weighted by Gasteiger charge is -2.40. The summed E-state index contributed by atoms with van der Waals surface area (Å²) in [6, 6.07) is 1.22. The molecule has 3 rings (SSSR count). The van der Waals surface area contributed by atoms with Gasteiger partial charge in [0.15, 0.2) is 6.10 Å². The first-order chi connectivity index (χ1) is 34.2. The van der Waals surface area contributed by atoms with E-state index in [4.69, 9.17) is 29.0 Å². The molecule has 2 bridgehead atoms. The van der Waals surface area contributed by atoms with Crippen LogP contribution in [0.15, 0.2) is 41.4 Å². The van der Waals surface area contributed by atoms with Crippen molar-refractivity contribution < 1.29 is 81.6 Å². The predicted molar refractivity (Wildman–Crippen MR) is 268 cm³/mol. The van der Waals surface area contributed by atoms with Crippen molar-refractivity contribution in [1.29, 1.82) is 0 Å². The second-order valence-corrected chi connectivity index (χ2v) is 22.5. The van der Waals surface area contributed by atoms with Crippen LogP contribution in [-0.2, 0) is 46.3 Å². The van der Waals surface area contributed by atoms with Crippen LogP contribution < -0.4 is 11.4 Å². The third-order valence-electron chi connectivity index (χ3n) is 12.8. The molecule has 0 radical (unpaired) electrons. The van der Waals surface area contributed by atoms with E-state index in [1.807, 2.05) is 6.92 Å². The molecular weight excluding hydrogens is 980 g/mol. The van der Waals surface area contributed by atoms with Crippen LogP contribution in [0.1, 0.15) is 168 Å². The average Bonchev–Trinajstić information content (AvgIpc) is 3.30. The van der Waals surface area contributed by atoms with Crippen LogP contribution in [0.25, 0.3) is 0 Å². The Hall–Kier alpha value is -2.88. The Labute approximate surface area is 424 Å². The molecule has 1 fully saturated rings. The highest BCUT2D eigenvalue weighted by atomic mass is 31.3. The van der Waals surface area contributed by atoms with Gasteiger partial charge >= 0.3 is 33.3 Å². The highest BCUT2D eigenvalue weighted by Gasteiger charge is 2.45. The summed E-state index contributed by atoms with van der Waals surface area (Å²) in [6.45, 7) is 3.76. The molecule has 1 aromatic rings. The van der Waals surface area contributed by atoms with Crippen LogP contribution in [0.3, 0.4) is 0 Å². The van der Waals surface area contributed by atoms with E-state index in [9.17, 15) is 58.8 Å². The van der Waals surface area contributed by atoms with Crippen molar-refractivity contribution in [2.75, 3.05) is 25.6 Å². The zero-order valence-corrected chi connectivity index (χ0v) is 44.3. The molecule has 0 aliphatic carbocycles. The van der Waals surface area contributed by atoms with Crippen molar-refractivity contribution in [2.24, 2.45) is 17.8 Å². The molecule has 72 heavy (non-hydrogen) atoms. The number of hydrogen-bond donors (Lipinski definition) is 8. The first kappa shape index (κ1) is 63.4. The van der Waals surface area contributed by atoms with E-state index in [-0.39, 0.29) is 18.7 Å². The second kappa shape index (κ2) is 33.9. The minimum Gasteiger partial charge on any atom is -0.462 e. The van der Waals surface area contributed by atoms with Gasteiger partial charge in [-0.25, -0.2) is 13.9 Å². The van der Waals surface area contributed by atoms with Crippen LogP contribution in [-0.4, -0.2) is 119 Å². The highest BCUT2D eigenvalue weighted by Crippen LogP contribution is 2.60. The summed E-state index contributed by atoms with van der Waals surface area (Å²) >= 11 is 0. The van der Waals surface area contributed by atoms with Gasteiger partial charge in [0.2, 0.25) is 0 Å². The van der Waals surface area contributed by atoms with Crippen LogP contribution in [0.4, 0.5) is 5.82 Å². The van der Waals surface area contributed by atoms with Crippen LogP contribution in [0.5, 0.6) is 0 Å². The van der Waals surface area contributed by atoms with Gasteiger partial charge in [0.25, 0.3) is 0 Å². The van der Waals surface area contributed by atoms with Crippen molar-refractivity contribution in [3.63, 3.8) is 0 Å². The number of aliphatic hydroxyl groups is 5. The fraction of sp³-hybridized carbons (Fsp3) is 0.796. The number of esters is 2. The van der Waals surface area contributed by atoms with Gasteiger partial charge < -0.3 is 55.3 Å². The Bertz CT molecular complexity index is 1940. The number of nitrogens with two attached hydrogens (primary N) is 1. The maximum atomic E-state index is 13.3. The lowest BCUT2D eigenvalue weighted by atomic mass is 9.82. The van der Waals surface area contributed by atoms with Crippen molar-refractivity contribution in [1.82, 2.24) is 9.55 Å². The maximum Gasteiger partial charge on any atom is 0.481 e. The molecule has 1 saturated heterocycles. The van der Waals surface area contributed by atoms with E-state index in [0.717, 1.165) is 55.2 Å². The average molecular weight is 1070 g/mol. The Morgan fingerprint density at radius 2 is 1.44 bits per heavy atom. The third-order valence-corrected chi connectivity index (χ3v) is 15.4. The number of cyclic esters (lactones) is 1. The number of phosphoric ester groups is 2. The van der Waals surface area contributed by atoms with Crippen LogP contribution in [0, 0.1) is 17.8 Å². The topological polar surface area (TPSA) is 326 Å². The molecule has 9 N–H and O–H groups in total. The molecule has 23 heteroatoms. The lowest BCUT2D eigenvalue weighted by Crippen LogP contribution is -2.52. The largest absolute Gasteiger partial charge is 0.481 e. The van der Waals surface area contributed by atoms with E-state index < -0.39 is 127 Å². The van der Waals surface area contributed by atoms with Gasteiger partial charge in [0.1, 0.15) is 30.9 Å². The number of fused-ring (bicyclic) bond motifs is 3. The summed E-state index contributed by atoms with van der Waals surface area (Å²) in [5.41, 5.74) is 4.73. The van der Waals surface area contributed by atoms with E-state index in [1.54, 1.807) is 0 Å². The molecule has 0 saturated carbocycles. The fourth-order valence-electron chi connectivity index (χ4n) is 8.64. The Morgan fingerprint density at radius 1 is 0.847 bits per heavy atom. The van der Waals surface area contributed by atoms with Crippen molar-refractivity contribution in [3.8, 4) is 0 Å². The first-order valence-electron chi connectivity index (χ1n) is 26.0. The number of aromatic nitrogens is 2. The lowest BCUT2D eigenvalue weighted by molar-refractivity contribution is -0.194.